The topological polar surface area (TPSA) is 47.6 Å². The van der Waals surface area contributed by atoms with Crippen molar-refractivity contribution in [3.05, 3.63) is 30.3 Å². The Kier molecular flexibility index (Phi) is 6.22. The van der Waals surface area contributed by atoms with Crippen LogP contribution in [0.4, 0.5) is 0 Å². The van der Waals surface area contributed by atoms with Gasteiger partial charge in [0.25, 0.3) is 0 Å². The smallest absolute Gasteiger partial charge is 0.309 e. The average Bonchev–Trinajstić information content (AvgIpc) is 2.42. The predicted molar refractivity (Wildman–Crippen MR) is 70.6 cm³/mol. The lowest BCUT2D eigenvalue weighted by Crippen LogP contribution is -2.38. The Morgan fingerprint density at radius 2 is 1.94 bits per heavy atom. The molecule has 4 nitrogen and oxygen atoms in total. The second-order valence-corrected chi connectivity index (χ2v) is 4.22. The van der Waals surface area contributed by atoms with E-state index >= 15 is 0 Å². The molecule has 0 amide bonds. The van der Waals surface area contributed by atoms with Crippen molar-refractivity contribution in [2.45, 2.75) is 19.9 Å². The van der Waals surface area contributed by atoms with E-state index in [2.05, 4.69) is 5.32 Å². The summed E-state index contributed by atoms with van der Waals surface area (Å²) in [5.74, 6) is 0.499. The highest BCUT2D eigenvalue weighted by Gasteiger charge is 2.19. The van der Waals surface area contributed by atoms with E-state index in [1.807, 2.05) is 44.2 Å². The number of para-hydroxylation sites is 1. The fraction of sp³-hybridized carbons (Fsp3) is 0.500. The third kappa shape index (κ3) is 4.75. The number of nitrogens with one attached hydrogen (secondary N) is 1. The molecule has 0 radical (unpaired) electrons. The van der Waals surface area contributed by atoms with Gasteiger partial charge < -0.3 is 14.8 Å². The zero-order chi connectivity index (χ0) is 13.4. The molecule has 1 N–H and O–H groups in total. The van der Waals surface area contributed by atoms with Gasteiger partial charge in [0.05, 0.1) is 13.0 Å². The number of rotatable bonds is 7. The molecule has 0 aromatic heterocycles. The highest BCUT2D eigenvalue weighted by molar-refractivity contribution is 5.72. The fourth-order valence-corrected chi connectivity index (χ4v) is 1.54. The van der Waals surface area contributed by atoms with Crippen LogP contribution in [-0.2, 0) is 9.53 Å². The standard InChI is InChI=1S/C14H21NO3/c1-11(14(16)17-3)12(2)15-9-10-18-13-7-5-4-6-8-13/h4-8,11-12,15H,9-10H2,1-3H3. The Hall–Kier alpha value is -1.55. The Labute approximate surface area is 108 Å². The van der Waals surface area contributed by atoms with Gasteiger partial charge in [0.15, 0.2) is 0 Å². The van der Waals surface area contributed by atoms with Gasteiger partial charge in [0, 0.05) is 12.6 Å². The normalized spacial score (nSPS) is 13.7. The minimum atomic E-state index is -0.195. The number of esters is 1. The molecular weight excluding hydrogens is 230 g/mol. The van der Waals surface area contributed by atoms with E-state index in [0.29, 0.717) is 13.2 Å². The van der Waals surface area contributed by atoms with Crippen LogP contribution in [-0.4, -0.2) is 32.3 Å². The van der Waals surface area contributed by atoms with Crippen LogP contribution in [0.3, 0.4) is 0 Å². The van der Waals surface area contributed by atoms with Gasteiger partial charge in [0.1, 0.15) is 12.4 Å². The van der Waals surface area contributed by atoms with Crippen molar-refractivity contribution in [1.82, 2.24) is 5.32 Å². The zero-order valence-electron chi connectivity index (χ0n) is 11.2. The molecule has 0 heterocycles. The molecule has 0 fully saturated rings. The second kappa shape index (κ2) is 7.71. The Bertz CT molecular complexity index is 353. The predicted octanol–water partition coefficient (Wildman–Crippen LogP) is 1.85. The minimum Gasteiger partial charge on any atom is -0.492 e. The first-order chi connectivity index (χ1) is 8.65. The summed E-state index contributed by atoms with van der Waals surface area (Å²) in [7, 11) is 1.41. The SMILES string of the molecule is COC(=O)C(C)C(C)NCCOc1ccccc1. The average molecular weight is 251 g/mol. The quantitative estimate of drug-likeness (QED) is 0.593. The van der Waals surface area contributed by atoms with Crippen LogP contribution in [0.2, 0.25) is 0 Å². The first-order valence-corrected chi connectivity index (χ1v) is 6.14. The first kappa shape index (κ1) is 14.5. The van der Waals surface area contributed by atoms with Crippen molar-refractivity contribution in [2.24, 2.45) is 5.92 Å². The number of carbonyl (C=O) groups excluding carboxylic acids is 1. The highest BCUT2D eigenvalue weighted by atomic mass is 16.5. The number of carbonyl (C=O) groups is 1. The maximum atomic E-state index is 11.3. The summed E-state index contributed by atoms with van der Waals surface area (Å²) < 4.78 is 10.2. The Morgan fingerprint density at radius 1 is 1.28 bits per heavy atom. The fourth-order valence-electron chi connectivity index (χ4n) is 1.54. The molecule has 2 unspecified atom stereocenters. The molecule has 0 saturated heterocycles. The van der Waals surface area contributed by atoms with Gasteiger partial charge in [-0.15, -0.1) is 0 Å². The molecule has 4 heteroatoms. The number of hydrogen-bond donors (Lipinski definition) is 1. The number of hydrogen-bond acceptors (Lipinski definition) is 4. The molecular formula is C14H21NO3. The lowest BCUT2D eigenvalue weighted by Gasteiger charge is -2.19. The summed E-state index contributed by atoms with van der Waals surface area (Å²) >= 11 is 0. The van der Waals surface area contributed by atoms with E-state index < -0.39 is 0 Å². The molecule has 0 aliphatic heterocycles. The Morgan fingerprint density at radius 3 is 2.56 bits per heavy atom. The van der Waals surface area contributed by atoms with Crippen molar-refractivity contribution in [3.63, 3.8) is 0 Å². The second-order valence-electron chi connectivity index (χ2n) is 4.22. The molecule has 1 aromatic carbocycles. The summed E-state index contributed by atoms with van der Waals surface area (Å²) in [6, 6.07) is 9.72. The summed E-state index contributed by atoms with van der Waals surface area (Å²) in [5.41, 5.74) is 0. The van der Waals surface area contributed by atoms with E-state index in [-0.39, 0.29) is 17.9 Å². The molecule has 1 aromatic rings. The van der Waals surface area contributed by atoms with Crippen LogP contribution in [0, 0.1) is 5.92 Å². The van der Waals surface area contributed by atoms with Gasteiger partial charge in [-0.3, -0.25) is 4.79 Å². The van der Waals surface area contributed by atoms with Crippen molar-refractivity contribution in [2.75, 3.05) is 20.3 Å². The summed E-state index contributed by atoms with van der Waals surface area (Å²) in [6.45, 7) is 5.07. The van der Waals surface area contributed by atoms with Crippen molar-refractivity contribution >= 4 is 5.97 Å². The zero-order valence-corrected chi connectivity index (χ0v) is 11.2. The van der Waals surface area contributed by atoms with E-state index in [4.69, 9.17) is 9.47 Å². The van der Waals surface area contributed by atoms with E-state index in [1.54, 1.807) is 0 Å². The van der Waals surface area contributed by atoms with Crippen molar-refractivity contribution < 1.29 is 14.3 Å². The molecule has 0 aliphatic rings. The first-order valence-electron chi connectivity index (χ1n) is 6.14. The van der Waals surface area contributed by atoms with Gasteiger partial charge in [-0.1, -0.05) is 25.1 Å². The van der Waals surface area contributed by atoms with E-state index in [0.717, 1.165) is 5.75 Å². The van der Waals surface area contributed by atoms with Crippen LogP contribution in [0.5, 0.6) is 5.75 Å². The van der Waals surface area contributed by atoms with Crippen LogP contribution in [0.25, 0.3) is 0 Å². The molecule has 0 spiro atoms. The largest absolute Gasteiger partial charge is 0.492 e. The van der Waals surface area contributed by atoms with Gasteiger partial charge in [0.2, 0.25) is 0 Å². The number of ether oxygens (including phenoxy) is 2. The monoisotopic (exact) mass is 251 g/mol. The van der Waals surface area contributed by atoms with Crippen LogP contribution in [0.15, 0.2) is 30.3 Å². The number of methoxy groups -OCH3 is 1. The number of benzene rings is 1. The minimum absolute atomic E-state index is 0.0665. The summed E-state index contributed by atoms with van der Waals surface area (Å²) in [6.07, 6.45) is 0. The van der Waals surface area contributed by atoms with Crippen LogP contribution in [0.1, 0.15) is 13.8 Å². The maximum absolute atomic E-state index is 11.3. The maximum Gasteiger partial charge on any atom is 0.309 e. The van der Waals surface area contributed by atoms with Gasteiger partial charge in [-0.25, -0.2) is 0 Å². The highest BCUT2D eigenvalue weighted by Crippen LogP contribution is 2.08. The molecule has 1 rings (SSSR count). The van der Waals surface area contributed by atoms with Crippen LogP contribution < -0.4 is 10.1 Å². The molecule has 18 heavy (non-hydrogen) atoms. The van der Waals surface area contributed by atoms with E-state index in [9.17, 15) is 4.79 Å². The van der Waals surface area contributed by atoms with Crippen molar-refractivity contribution in [1.29, 1.82) is 0 Å². The van der Waals surface area contributed by atoms with Gasteiger partial charge >= 0.3 is 5.97 Å². The Balaban J connectivity index is 2.20. The molecule has 0 aliphatic carbocycles. The third-order valence-electron chi connectivity index (χ3n) is 2.90. The molecule has 2 atom stereocenters. The summed E-state index contributed by atoms with van der Waals surface area (Å²) in [4.78, 5) is 11.3. The van der Waals surface area contributed by atoms with Crippen molar-refractivity contribution in [3.8, 4) is 5.75 Å². The van der Waals surface area contributed by atoms with Gasteiger partial charge in [-0.05, 0) is 19.1 Å². The summed E-state index contributed by atoms with van der Waals surface area (Å²) in [5, 5.41) is 3.24. The lowest BCUT2D eigenvalue weighted by atomic mass is 10.0. The van der Waals surface area contributed by atoms with E-state index in [1.165, 1.54) is 7.11 Å². The molecule has 0 saturated carbocycles. The lowest BCUT2D eigenvalue weighted by molar-refractivity contribution is -0.145. The molecule has 100 valence electrons. The third-order valence-corrected chi connectivity index (χ3v) is 2.90. The van der Waals surface area contributed by atoms with Crippen LogP contribution >= 0.6 is 0 Å². The molecule has 0 bridgehead atoms. The van der Waals surface area contributed by atoms with Gasteiger partial charge in [-0.2, -0.15) is 0 Å².